The van der Waals surface area contributed by atoms with E-state index in [1.54, 1.807) is 0 Å². The summed E-state index contributed by atoms with van der Waals surface area (Å²) >= 11 is 0. The predicted octanol–water partition coefficient (Wildman–Crippen LogP) is 3.31. The third-order valence-electron chi connectivity index (χ3n) is 4.51. The first-order valence-corrected chi connectivity index (χ1v) is 7.91. The maximum absolute atomic E-state index is 13.5. The third-order valence-corrected chi connectivity index (χ3v) is 4.51. The molecule has 0 unspecified atom stereocenters. The molecule has 0 radical (unpaired) electrons. The van der Waals surface area contributed by atoms with E-state index in [-0.39, 0.29) is 12.3 Å². The number of amides is 1. The van der Waals surface area contributed by atoms with E-state index in [1.165, 1.54) is 17.9 Å². The summed E-state index contributed by atoms with van der Waals surface area (Å²) in [5.74, 6) is -1.19. The number of nitrogens with zero attached hydrogens (tertiary/aromatic N) is 1. The molecular formula is C18H18F3NO3. The standard InChI is InChI=1S/C18H18F3NO3/c1-12-6-7-15(25-12)17(24,18(19,20)21)10-16(23)22-9-8-13-4-2-3-5-14(13)11-22/h2-7,24H,8-11H2,1H3/t17-/m1/s1. The van der Waals surface area contributed by atoms with Crippen molar-refractivity contribution >= 4 is 5.91 Å². The molecule has 1 aromatic carbocycles. The molecule has 1 amide bonds. The van der Waals surface area contributed by atoms with Crippen LogP contribution in [0.15, 0.2) is 40.8 Å². The Morgan fingerprint density at radius 2 is 1.88 bits per heavy atom. The van der Waals surface area contributed by atoms with E-state index in [0.717, 1.165) is 17.2 Å². The number of halogens is 3. The lowest BCUT2D eigenvalue weighted by molar-refractivity contribution is -0.274. The van der Waals surface area contributed by atoms with Gasteiger partial charge in [0.25, 0.3) is 0 Å². The summed E-state index contributed by atoms with van der Waals surface area (Å²) < 4.78 is 45.4. The Bertz CT molecular complexity index is 784. The summed E-state index contributed by atoms with van der Waals surface area (Å²) in [6.45, 7) is 2.03. The van der Waals surface area contributed by atoms with Crippen LogP contribution in [0.25, 0.3) is 0 Å². The summed E-state index contributed by atoms with van der Waals surface area (Å²) in [6, 6.07) is 9.88. The van der Waals surface area contributed by atoms with Crippen LogP contribution in [0.3, 0.4) is 0 Å². The average molecular weight is 353 g/mol. The summed E-state index contributed by atoms with van der Waals surface area (Å²) in [4.78, 5) is 13.8. The van der Waals surface area contributed by atoms with Gasteiger partial charge in [0, 0.05) is 13.1 Å². The van der Waals surface area contributed by atoms with E-state index in [0.29, 0.717) is 13.0 Å². The van der Waals surface area contributed by atoms with Gasteiger partial charge in [-0.15, -0.1) is 0 Å². The molecule has 0 fully saturated rings. The number of hydrogen-bond acceptors (Lipinski definition) is 3. The zero-order valence-electron chi connectivity index (χ0n) is 13.6. The molecule has 0 saturated heterocycles. The summed E-state index contributed by atoms with van der Waals surface area (Å²) in [5, 5.41) is 10.3. The smallest absolute Gasteiger partial charge is 0.425 e. The van der Waals surface area contributed by atoms with Gasteiger partial charge in [-0.2, -0.15) is 13.2 Å². The van der Waals surface area contributed by atoms with Crippen LogP contribution in [0.4, 0.5) is 13.2 Å². The Kier molecular flexibility index (Phi) is 4.36. The van der Waals surface area contributed by atoms with Gasteiger partial charge >= 0.3 is 6.18 Å². The molecule has 3 rings (SSSR count). The molecule has 1 aromatic heterocycles. The molecule has 1 N–H and O–H groups in total. The van der Waals surface area contributed by atoms with E-state index < -0.39 is 29.9 Å². The number of aliphatic hydroxyl groups is 1. The molecule has 0 bridgehead atoms. The van der Waals surface area contributed by atoms with Crippen molar-refractivity contribution in [1.82, 2.24) is 4.90 Å². The van der Waals surface area contributed by atoms with E-state index in [4.69, 9.17) is 4.42 Å². The van der Waals surface area contributed by atoms with Crippen molar-refractivity contribution in [3.8, 4) is 0 Å². The third kappa shape index (κ3) is 3.28. The van der Waals surface area contributed by atoms with Crippen molar-refractivity contribution in [2.75, 3.05) is 6.54 Å². The number of hydrogen-bond donors (Lipinski definition) is 1. The number of alkyl halides is 3. The minimum absolute atomic E-state index is 0.233. The molecule has 2 aromatic rings. The Hall–Kier alpha value is -2.28. The highest BCUT2D eigenvalue weighted by Crippen LogP contribution is 2.42. The van der Waals surface area contributed by atoms with Crippen LogP contribution in [0, 0.1) is 6.92 Å². The second-order valence-electron chi connectivity index (χ2n) is 6.28. The van der Waals surface area contributed by atoms with Crippen LogP contribution in [0.2, 0.25) is 0 Å². The highest BCUT2D eigenvalue weighted by Gasteiger charge is 2.58. The fourth-order valence-corrected chi connectivity index (χ4v) is 3.02. The Morgan fingerprint density at radius 3 is 2.48 bits per heavy atom. The summed E-state index contributed by atoms with van der Waals surface area (Å²) in [6.07, 6.45) is -5.56. The highest BCUT2D eigenvalue weighted by molar-refractivity contribution is 5.78. The van der Waals surface area contributed by atoms with E-state index in [9.17, 15) is 23.1 Å². The van der Waals surface area contributed by atoms with Gasteiger partial charge in [-0.1, -0.05) is 24.3 Å². The maximum atomic E-state index is 13.5. The van der Waals surface area contributed by atoms with Crippen LogP contribution < -0.4 is 0 Å². The average Bonchev–Trinajstić information content (AvgIpc) is 3.00. The van der Waals surface area contributed by atoms with Gasteiger partial charge < -0.3 is 14.4 Å². The molecule has 0 spiro atoms. The SMILES string of the molecule is Cc1ccc([C@](O)(CC(=O)N2CCc3ccccc3C2)C(F)(F)F)o1. The molecular weight excluding hydrogens is 335 g/mol. The van der Waals surface area contributed by atoms with Crippen LogP contribution in [-0.2, 0) is 23.4 Å². The van der Waals surface area contributed by atoms with Gasteiger partial charge in [0.15, 0.2) is 0 Å². The number of rotatable bonds is 3. The van der Waals surface area contributed by atoms with Crippen molar-refractivity contribution in [2.45, 2.75) is 38.1 Å². The lowest BCUT2D eigenvalue weighted by Gasteiger charge is -2.33. The molecule has 0 aliphatic carbocycles. The van der Waals surface area contributed by atoms with Crippen LogP contribution >= 0.6 is 0 Å². The van der Waals surface area contributed by atoms with Crippen LogP contribution in [0.1, 0.15) is 29.1 Å². The van der Waals surface area contributed by atoms with Gasteiger partial charge in [0.1, 0.15) is 11.5 Å². The normalized spacial score (nSPS) is 17.1. The lowest BCUT2D eigenvalue weighted by Crippen LogP contribution is -2.47. The van der Waals surface area contributed by atoms with Crippen molar-refractivity contribution < 1.29 is 27.5 Å². The number of carbonyl (C=O) groups is 1. The predicted molar refractivity (Wildman–Crippen MR) is 83.6 cm³/mol. The molecule has 1 atom stereocenters. The van der Waals surface area contributed by atoms with Crippen LogP contribution in [-0.4, -0.2) is 28.6 Å². The van der Waals surface area contributed by atoms with Crippen molar-refractivity contribution in [1.29, 1.82) is 0 Å². The molecule has 25 heavy (non-hydrogen) atoms. The molecule has 4 nitrogen and oxygen atoms in total. The molecule has 134 valence electrons. The van der Waals surface area contributed by atoms with Crippen LogP contribution in [0.5, 0.6) is 0 Å². The zero-order chi connectivity index (χ0) is 18.2. The van der Waals surface area contributed by atoms with Gasteiger partial charge in [-0.3, -0.25) is 4.79 Å². The van der Waals surface area contributed by atoms with Crippen molar-refractivity contribution in [2.24, 2.45) is 0 Å². The number of fused-ring (bicyclic) bond motifs is 1. The fourth-order valence-electron chi connectivity index (χ4n) is 3.02. The first-order chi connectivity index (χ1) is 11.7. The topological polar surface area (TPSA) is 53.7 Å². The van der Waals surface area contributed by atoms with E-state index in [2.05, 4.69) is 0 Å². The van der Waals surface area contributed by atoms with Gasteiger partial charge in [-0.25, -0.2) is 0 Å². The fraction of sp³-hybridized carbons (Fsp3) is 0.389. The number of aryl methyl sites for hydroxylation is 1. The molecule has 1 aliphatic heterocycles. The molecule has 2 heterocycles. The summed E-state index contributed by atoms with van der Waals surface area (Å²) in [5.41, 5.74) is -1.35. The first kappa shape index (κ1) is 17.5. The number of carbonyl (C=O) groups excluding carboxylic acids is 1. The largest absolute Gasteiger partial charge is 0.463 e. The van der Waals surface area contributed by atoms with E-state index >= 15 is 0 Å². The second kappa shape index (κ2) is 6.22. The van der Waals surface area contributed by atoms with Crippen molar-refractivity contribution in [3.63, 3.8) is 0 Å². The number of benzene rings is 1. The number of furan rings is 1. The van der Waals surface area contributed by atoms with E-state index in [1.807, 2.05) is 24.3 Å². The minimum atomic E-state index is -5.03. The molecule has 1 aliphatic rings. The Balaban J connectivity index is 1.82. The molecule has 7 heteroatoms. The Labute approximate surface area is 142 Å². The maximum Gasteiger partial charge on any atom is 0.425 e. The first-order valence-electron chi connectivity index (χ1n) is 7.91. The van der Waals surface area contributed by atoms with Gasteiger partial charge in [-0.05, 0) is 36.6 Å². The van der Waals surface area contributed by atoms with Gasteiger partial charge in [0.05, 0.1) is 6.42 Å². The molecule has 0 saturated carbocycles. The zero-order valence-corrected chi connectivity index (χ0v) is 13.6. The summed E-state index contributed by atoms with van der Waals surface area (Å²) in [7, 11) is 0. The van der Waals surface area contributed by atoms with Crippen molar-refractivity contribution in [3.05, 3.63) is 59.0 Å². The lowest BCUT2D eigenvalue weighted by atomic mass is 9.93. The Morgan fingerprint density at radius 1 is 1.20 bits per heavy atom. The quantitative estimate of drug-likeness (QED) is 0.921. The second-order valence-corrected chi connectivity index (χ2v) is 6.28. The highest BCUT2D eigenvalue weighted by atomic mass is 19.4. The monoisotopic (exact) mass is 353 g/mol. The minimum Gasteiger partial charge on any atom is -0.463 e. The van der Waals surface area contributed by atoms with Gasteiger partial charge in [0.2, 0.25) is 11.5 Å².